The Kier molecular flexibility index (Phi) is 5.58. The van der Waals surface area contributed by atoms with Gasteiger partial charge in [-0.2, -0.15) is 0 Å². The Balaban J connectivity index is 1.98. The van der Waals surface area contributed by atoms with Crippen LogP contribution in [0.2, 0.25) is 0 Å². The fourth-order valence-electron chi connectivity index (χ4n) is 3.02. The van der Waals surface area contributed by atoms with Crippen molar-refractivity contribution in [3.8, 4) is 0 Å². The van der Waals surface area contributed by atoms with Crippen LogP contribution in [0.15, 0.2) is 35.2 Å². The second-order valence-corrected chi connectivity index (χ2v) is 6.64. The van der Waals surface area contributed by atoms with Crippen LogP contribution in [0.1, 0.15) is 39.0 Å². The molecule has 1 N–H and O–H groups in total. The third-order valence-corrected chi connectivity index (χ3v) is 5.37. The topological polar surface area (TPSA) is 12.0 Å². The lowest BCUT2D eigenvalue weighted by atomic mass is 9.83. The molecule has 0 heterocycles. The Morgan fingerprint density at radius 3 is 2.67 bits per heavy atom. The molecule has 3 unspecified atom stereocenters. The normalized spacial score (nSPS) is 28.2. The third-order valence-electron chi connectivity index (χ3n) is 4.00. The zero-order valence-corrected chi connectivity index (χ0v) is 12.4. The van der Waals surface area contributed by atoms with Crippen LogP contribution in [0.5, 0.6) is 0 Å². The van der Waals surface area contributed by atoms with E-state index in [2.05, 4.69) is 61.4 Å². The smallest absolute Gasteiger partial charge is 0.0250 e. The number of hydrogen-bond donors (Lipinski definition) is 1. The average molecular weight is 263 g/mol. The van der Waals surface area contributed by atoms with Gasteiger partial charge in [-0.25, -0.2) is 0 Å². The van der Waals surface area contributed by atoms with Crippen LogP contribution in [0, 0.1) is 5.92 Å². The van der Waals surface area contributed by atoms with E-state index in [1.165, 1.54) is 37.0 Å². The molecule has 1 nitrogen and oxygen atoms in total. The summed E-state index contributed by atoms with van der Waals surface area (Å²) in [5, 5.41) is 4.25. The van der Waals surface area contributed by atoms with Gasteiger partial charge in [0.1, 0.15) is 0 Å². The molecule has 1 aromatic rings. The van der Waals surface area contributed by atoms with Crippen LogP contribution >= 0.6 is 11.8 Å². The van der Waals surface area contributed by atoms with Crippen molar-refractivity contribution < 1.29 is 0 Å². The van der Waals surface area contributed by atoms with E-state index in [9.17, 15) is 0 Å². The quantitative estimate of drug-likeness (QED) is 0.848. The van der Waals surface area contributed by atoms with Gasteiger partial charge in [0.15, 0.2) is 0 Å². The molecule has 1 aliphatic rings. The number of thioether (sulfide) groups is 1. The molecule has 18 heavy (non-hydrogen) atoms. The van der Waals surface area contributed by atoms with E-state index in [1.54, 1.807) is 0 Å². The first kappa shape index (κ1) is 14.0. The number of hydrogen-bond acceptors (Lipinski definition) is 2. The second-order valence-electron chi connectivity index (χ2n) is 5.33. The first-order chi connectivity index (χ1) is 8.83. The summed E-state index contributed by atoms with van der Waals surface area (Å²) < 4.78 is 0. The van der Waals surface area contributed by atoms with Crippen molar-refractivity contribution >= 4 is 11.8 Å². The van der Waals surface area contributed by atoms with Crippen LogP contribution in [-0.2, 0) is 0 Å². The molecule has 0 spiro atoms. The van der Waals surface area contributed by atoms with Crippen molar-refractivity contribution in [2.24, 2.45) is 5.92 Å². The highest BCUT2D eigenvalue weighted by Crippen LogP contribution is 2.37. The SMILES string of the molecule is CCCC1CCC(NC)C(Sc2ccccc2)C1. The monoisotopic (exact) mass is 263 g/mol. The minimum absolute atomic E-state index is 0.684. The fraction of sp³-hybridized carbons (Fsp3) is 0.625. The summed E-state index contributed by atoms with van der Waals surface area (Å²) >= 11 is 2.06. The van der Waals surface area contributed by atoms with E-state index in [4.69, 9.17) is 0 Å². The van der Waals surface area contributed by atoms with Gasteiger partial charge >= 0.3 is 0 Å². The molecule has 1 aromatic carbocycles. The van der Waals surface area contributed by atoms with Gasteiger partial charge in [-0.15, -0.1) is 11.8 Å². The molecular weight excluding hydrogens is 238 g/mol. The zero-order chi connectivity index (χ0) is 12.8. The van der Waals surface area contributed by atoms with E-state index < -0.39 is 0 Å². The molecule has 0 aliphatic heterocycles. The highest BCUT2D eigenvalue weighted by Gasteiger charge is 2.29. The summed E-state index contributed by atoms with van der Waals surface area (Å²) in [5.74, 6) is 0.945. The second kappa shape index (κ2) is 7.20. The number of nitrogens with one attached hydrogen (secondary N) is 1. The predicted octanol–water partition coefficient (Wildman–Crippen LogP) is 4.34. The van der Waals surface area contributed by atoms with Gasteiger partial charge < -0.3 is 5.32 Å². The average Bonchev–Trinajstić information content (AvgIpc) is 2.41. The molecule has 3 atom stereocenters. The Labute approximate surface area is 116 Å². The van der Waals surface area contributed by atoms with Gasteiger partial charge in [0.2, 0.25) is 0 Å². The molecule has 2 heteroatoms. The van der Waals surface area contributed by atoms with Crippen molar-refractivity contribution in [3.05, 3.63) is 30.3 Å². The van der Waals surface area contributed by atoms with Crippen molar-refractivity contribution in [3.63, 3.8) is 0 Å². The lowest BCUT2D eigenvalue weighted by molar-refractivity contribution is 0.295. The van der Waals surface area contributed by atoms with Gasteiger partial charge in [0.25, 0.3) is 0 Å². The zero-order valence-electron chi connectivity index (χ0n) is 11.6. The van der Waals surface area contributed by atoms with Crippen LogP contribution in [0.4, 0.5) is 0 Å². The van der Waals surface area contributed by atoms with Crippen molar-refractivity contribution in [2.45, 2.75) is 55.2 Å². The van der Waals surface area contributed by atoms with E-state index in [0.29, 0.717) is 6.04 Å². The molecule has 0 saturated heterocycles. The standard InChI is InChI=1S/C16H25NS/c1-3-7-13-10-11-15(17-2)16(12-13)18-14-8-5-4-6-9-14/h4-6,8-9,13,15-17H,3,7,10-12H2,1-2H3. The Bertz CT molecular complexity index is 338. The highest BCUT2D eigenvalue weighted by molar-refractivity contribution is 8.00. The van der Waals surface area contributed by atoms with Crippen LogP contribution in [0.3, 0.4) is 0 Å². The molecular formula is C16H25NS. The third kappa shape index (κ3) is 3.76. The first-order valence-electron chi connectivity index (χ1n) is 7.22. The van der Waals surface area contributed by atoms with Gasteiger partial charge in [-0.05, 0) is 44.4 Å². The summed E-state index contributed by atoms with van der Waals surface area (Å²) in [6.07, 6.45) is 6.86. The molecule has 1 aliphatic carbocycles. The van der Waals surface area contributed by atoms with Gasteiger partial charge in [0, 0.05) is 16.2 Å². The summed E-state index contributed by atoms with van der Waals surface area (Å²) in [4.78, 5) is 1.42. The maximum atomic E-state index is 3.52. The minimum Gasteiger partial charge on any atom is -0.316 e. The molecule has 100 valence electrons. The number of rotatable bonds is 5. The molecule has 1 fully saturated rings. The van der Waals surface area contributed by atoms with Crippen molar-refractivity contribution in [2.75, 3.05) is 7.05 Å². The summed E-state index contributed by atoms with van der Waals surface area (Å²) in [7, 11) is 2.11. The lowest BCUT2D eigenvalue weighted by Crippen LogP contribution is -2.40. The Morgan fingerprint density at radius 1 is 1.22 bits per heavy atom. The van der Waals surface area contributed by atoms with Gasteiger partial charge in [-0.1, -0.05) is 38.0 Å². The number of benzene rings is 1. The molecule has 0 radical (unpaired) electrons. The van der Waals surface area contributed by atoms with Crippen LogP contribution in [-0.4, -0.2) is 18.3 Å². The van der Waals surface area contributed by atoms with E-state index in [-0.39, 0.29) is 0 Å². The molecule has 0 amide bonds. The molecule has 1 saturated carbocycles. The molecule has 0 bridgehead atoms. The Morgan fingerprint density at radius 2 is 2.00 bits per heavy atom. The largest absolute Gasteiger partial charge is 0.316 e. The van der Waals surface area contributed by atoms with E-state index >= 15 is 0 Å². The lowest BCUT2D eigenvalue weighted by Gasteiger charge is -2.35. The van der Waals surface area contributed by atoms with Gasteiger partial charge in [0.05, 0.1) is 0 Å². The van der Waals surface area contributed by atoms with E-state index in [0.717, 1.165) is 11.2 Å². The van der Waals surface area contributed by atoms with Crippen LogP contribution < -0.4 is 5.32 Å². The predicted molar refractivity (Wildman–Crippen MR) is 81.2 cm³/mol. The van der Waals surface area contributed by atoms with Crippen molar-refractivity contribution in [1.82, 2.24) is 5.32 Å². The molecule has 0 aromatic heterocycles. The Hall–Kier alpha value is -0.470. The van der Waals surface area contributed by atoms with Crippen LogP contribution in [0.25, 0.3) is 0 Å². The highest BCUT2D eigenvalue weighted by atomic mass is 32.2. The maximum Gasteiger partial charge on any atom is 0.0250 e. The van der Waals surface area contributed by atoms with E-state index in [1.807, 2.05) is 0 Å². The molecule has 2 rings (SSSR count). The first-order valence-corrected chi connectivity index (χ1v) is 8.10. The fourth-order valence-corrected chi connectivity index (χ4v) is 4.49. The minimum atomic E-state index is 0.684. The van der Waals surface area contributed by atoms with Crippen molar-refractivity contribution in [1.29, 1.82) is 0 Å². The maximum absolute atomic E-state index is 3.52. The summed E-state index contributed by atoms with van der Waals surface area (Å²) in [6.45, 7) is 2.31. The van der Waals surface area contributed by atoms with Gasteiger partial charge in [-0.3, -0.25) is 0 Å². The summed E-state index contributed by atoms with van der Waals surface area (Å²) in [5.41, 5.74) is 0. The summed E-state index contributed by atoms with van der Waals surface area (Å²) in [6, 6.07) is 11.5.